The summed E-state index contributed by atoms with van der Waals surface area (Å²) in [5, 5.41) is 0. The predicted octanol–water partition coefficient (Wildman–Crippen LogP) is 2.90. The standard InChI is InChI=1S/C16H13NO3/c1-19-15-14-10-6-2-4-8-12(10)20-13-9-5-3-7-11(13)17(14)16(15)18/h2-9,14-15H,1H3/t14-,15-/m0/s1. The van der Waals surface area contributed by atoms with Gasteiger partial charge in [0.2, 0.25) is 0 Å². The smallest absolute Gasteiger partial charge is 0.259 e. The lowest BCUT2D eigenvalue weighted by Crippen LogP contribution is -2.59. The molecule has 2 aromatic rings. The van der Waals surface area contributed by atoms with Gasteiger partial charge in [0.05, 0.1) is 5.69 Å². The van der Waals surface area contributed by atoms with E-state index in [1.165, 1.54) is 0 Å². The van der Waals surface area contributed by atoms with Crippen LogP contribution in [0, 0.1) is 0 Å². The normalized spacial score (nSPS) is 22.9. The largest absolute Gasteiger partial charge is 0.455 e. The summed E-state index contributed by atoms with van der Waals surface area (Å²) in [6.45, 7) is 0. The van der Waals surface area contributed by atoms with Crippen LogP contribution in [0.3, 0.4) is 0 Å². The van der Waals surface area contributed by atoms with Crippen molar-refractivity contribution in [3.05, 3.63) is 54.1 Å². The van der Waals surface area contributed by atoms with Crippen molar-refractivity contribution in [3.8, 4) is 11.5 Å². The van der Waals surface area contributed by atoms with Gasteiger partial charge in [0, 0.05) is 12.7 Å². The third-order valence-electron chi connectivity index (χ3n) is 3.88. The molecule has 2 aromatic carbocycles. The highest BCUT2D eigenvalue weighted by Gasteiger charge is 2.52. The number of methoxy groups -OCH3 is 1. The molecular formula is C16H13NO3. The summed E-state index contributed by atoms with van der Waals surface area (Å²) in [7, 11) is 1.57. The van der Waals surface area contributed by atoms with Crippen LogP contribution in [0.2, 0.25) is 0 Å². The van der Waals surface area contributed by atoms with Crippen LogP contribution in [-0.2, 0) is 9.53 Å². The van der Waals surface area contributed by atoms with Crippen molar-refractivity contribution in [1.29, 1.82) is 0 Å². The lowest BCUT2D eigenvalue weighted by Gasteiger charge is -2.45. The second-order valence-electron chi connectivity index (χ2n) is 4.92. The maximum atomic E-state index is 12.3. The van der Waals surface area contributed by atoms with Crippen LogP contribution in [0.5, 0.6) is 11.5 Å². The minimum atomic E-state index is -0.439. The summed E-state index contributed by atoms with van der Waals surface area (Å²) in [6, 6.07) is 15.3. The molecule has 4 nitrogen and oxygen atoms in total. The predicted molar refractivity (Wildman–Crippen MR) is 74.0 cm³/mol. The number of benzene rings is 2. The van der Waals surface area contributed by atoms with Crippen LogP contribution in [0.1, 0.15) is 11.6 Å². The average Bonchev–Trinajstić information content (AvgIpc) is 2.60. The lowest BCUT2D eigenvalue weighted by atomic mass is 9.89. The van der Waals surface area contributed by atoms with Crippen molar-refractivity contribution in [1.82, 2.24) is 0 Å². The first kappa shape index (κ1) is 11.5. The second-order valence-corrected chi connectivity index (χ2v) is 4.92. The van der Waals surface area contributed by atoms with Gasteiger partial charge in [-0.1, -0.05) is 30.3 Å². The molecule has 1 amide bonds. The molecule has 20 heavy (non-hydrogen) atoms. The van der Waals surface area contributed by atoms with Gasteiger partial charge >= 0.3 is 0 Å². The summed E-state index contributed by atoms with van der Waals surface area (Å²) in [5.74, 6) is 1.46. The van der Waals surface area contributed by atoms with Crippen molar-refractivity contribution in [3.63, 3.8) is 0 Å². The van der Waals surface area contributed by atoms with Gasteiger partial charge < -0.3 is 9.47 Å². The molecule has 2 heterocycles. The zero-order valence-electron chi connectivity index (χ0n) is 10.9. The number of fused-ring (bicyclic) bond motifs is 5. The molecule has 1 saturated heterocycles. The maximum Gasteiger partial charge on any atom is 0.259 e. The van der Waals surface area contributed by atoms with E-state index in [2.05, 4.69) is 0 Å². The number of amides is 1. The fourth-order valence-electron chi connectivity index (χ4n) is 2.94. The van der Waals surface area contributed by atoms with Crippen LogP contribution in [0.25, 0.3) is 0 Å². The number of β-lactam (4-membered cyclic amide) rings is 1. The van der Waals surface area contributed by atoms with Gasteiger partial charge in [0.25, 0.3) is 5.91 Å². The summed E-state index contributed by atoms with van der Waals surface area (Å²) < 4.78 is 11.3. The highest BCUT2D eigenvalue weighted by Crippen LogP contribution is 2.50. The van der Waals surface area contributed by atoms with Crippen LogP contribution >= 0.6 is 0 Å². The van der Waals surface area contributed by atoms with Crippen LogP contribution in [0.4, 0.5) is 5.69 Å². The first-order valence-electron chi connectivity index (χ1n) is 6.53. The molecule has 0 aromatic heterocycles. The number of para-hydroxylation sites is 3. The van der Waals surface area contributed by atoms with Crippen LogP contribution < -0.4 is 9.64 Å². The Morgan fingerprint density at radius 1 is 1.05 bits per heavy atom. The Kier molecular flexibility index (Phi) is 2.35. The van der Waals surface area contributed by atoms with Gasteiger partial charge in [-0.25, -0.2) is 0 Å². The van der Waals surface area contributed by atoms with Crippen molar-refractivity contribution in [2.24, 2.45) is 0 Å². The minimum Gasteiger partial charge on any atom is -0.455 e. The minimum absolute atomic E-state index is 0.0229. The first-order chi connectivity index (χ1) is 9.81. The summed E-state index contributed by atoms with van der Waals surface area (Å²) in [4.78, 5) is 14.1. The number of nitrogens with zero attached hydrogens (tertiary/aromatic N) is 1. The molecular weight excluding hydrogens is 254 g/mol. The number of anilines is 1. The highest BCUT2D eigenvalue weighted by molar-refractivity contribution is 6.06. The zero-order chi connectivity index (χ0) is 13.7. The van der Waals surface area contributed by atoms with E-state index >= 15 is 0 Å². The van der Waals surface area contributed by atoms with E-state index in [9.17, 15) is 4.79 Å². The molecule has 0 bridgehead atoms. The molecule has 0 unspecified atom stereocenters. The SMILES string of the molecule is CO[C@@H]1C(=O)N2c3ccccc3Oc3ccccc3[C@@H]12. The Morgan fingerprint density at radius 3 is 2.55 bits per heavy atom. The van der Waals surface area contributed by atoms with Gasteiger partial charge in [-0.3, -0.25) is 9.69 Å². The molecule has 0 aliphatic carbocycles. The zero-order valence-corrected chi connectivity index (χ0v) is 10.9. The first-order valence-corrected chi connectivity index (χ1v) is 6.53. The van der Waals surface area contributed by atoms with Crippen LogP contribution in [0.15, 0.2) is 48.5 Å². The summed E-state index contributed by atoms with van der Waals surface area (Å²) >= 11 is 0. The average molecular weight is 267 g/mol. The van der Waals surface area contributed by atoms with E-state index in [-0.39, 0.29) is 11.9 Å². The van der Waals surface area contributed by atoms with E-state index < -0.39 is 6.10 Å². The number of hydrogen-bond acceptors (Lipinski definition) is 3. The molecule has 4 rings (SSSR count). The Balaban J connectivity index is 1.94. The molecule has 2 aliphatic heterocycles. The fraction of sp³-hybridized carbons (Fsp3) is 0.188. The van der Waals surface area contributed by atoms with Gasteiger partial charge in [-0.2, -0.15) is 0 Å². The van der Waals surface area contributed by atoms with E-state index in [0.29, 0.717) is 5.75 Å². The Morgan fingerprint density at radius 2 is 1.75 bits per heavy atom. The summed E-state index contributed by atoms with van der Waals surface area (Å²) in [5.41, 5.74) is 1.78. The maximum absolute atomic E-state index is 12.3. The van der Waals surface area contributed by atoms with E-state index in [1.54, 1.807) is 12.0 Å². The van der Waals surface area contributed by atoms with E-state index in [4.69, 9.17) is 9.47 Å². The summed E-state index contributed by atoms with van der Waals surface area (Å²) in [6.07, 6.45) is -0.439. The Hall–Kier alpha value is -2.33. The van der Waals surface area contributed by atoms with Gasteiger partial charge in [-0.05, 0) is 18.2 Å². The molecule has 0 radical (unpaired) electrons. The van der Waals surface area contributed by atoms with Crippen molar-refractivity contribution >= 4 is 11.6 Å². The number of carbonyl (C=O) groups excluding carboxylic acids is 1. The van der Waals surface area contributed by atoms with E-state index in [0.717, 1.165) is 17.0 Å². The van der Waals surface area contributed by atoms with Crippen molar-refractivity contribution < 1.29 is 14.3 Å². The number of ether oxygens (including phenoxy) is 2. The number of hydrogen-bond donors (Lipinski definition) is 0. The second kappa shape index (κ2) is 4.08. The van der Waals surface area contributed by atoms with Gasteiger partial charge in [-0.15, -0.1) is 0 Å². The molecule has 2 aliphatic rings. The third-order valence-corrected chi connectivity index (χ3v) is 3.88. The molecule has 0 saturated carbocycles. The lowest BCUT2D eigenvalue weighted by molar-refractivity contribution is -0.139. The van der Waals surface area contributed by atoms with Crippen molar-refractivity contribution in [2.45, 2.75) is 12.1 Å². The van der Waals surface area contributed by atoms with Gasteiger partial charge in [0.1, 0.15) is 11.8 Å². The topological polar surface area (TPSA) is 38.8 Å². The molecule has 0 spiro atoms. The molecule has 1 fully saturated rings. The molecule has 100 valence electrons. The van der Waals surface area contributed by atoms with E-state index in [1.807, 2.05) is 48.5 Å². The molecule has 0 N–H and O–H groups in total. The number of rotatable bonds is 1. The number of carbonyl (C=O) groups is 1. The van der Waals surface area contributed by atoms with Crippen molar-refractivity contribution in [2.75, 3.05) is 12.0 Å². The highest BCUT2D eigenvalue weighted by atomic mass is 16.5. The molecule has 4 heteroatoms. The molecule has 2 atom stereocenters. The Labute approximate surface area is 116 Å². The van der Waals surface area contributed by atoms with Gasteiger partial charge in [0.15, 0.2) is 11.9 Å². The Bertz CT molecular complexity index is 698. The monoisotopic (exact) mass is 267 g/mol. The quantitative estimate of drug-likeness (QED) is 0.746. The third kappa shape index (κ3) is 1.37. The fourth-order valence-corrected chi connectivity index (χ4v) is 2.94. The van der Waals surface area contributed by atoms with Crippen LogP contribution in [-0.4, -0.2) is 19.1 Å².